The Morgan fingerprint density at radius 3 is 2.66 bits per heavy atom. The zero-order valence-electron chi connectivity index (χ0n) is 21.1. The molecule has 0 fully saturated rings. The molecule has 1 aromatic carbocycles. The number of nitrogens with one attached hydrogen (secondary N) is 1. The van der Waals surface area contributed by atoms with Gasteiger partial charge in [0.15, 0.2) is 11.6 Å². The summed E-state index contributed by atoms with van der Waals surface area (Å²) in [6.07, 6.45) is 4.78. The second kappa shape index (κ2) is 12.2. The molecule has 35 heavy (non-hydrogen) atoms. The molecule has 2 heterocycles. The first-order valence-corrected chi connectivity index (χ1v) is 12.1. The predicted molar refractivity (Wildman–Crippen MR) is 134 cm³/mol. The molecular weight excluding hydrogens is 448 g/mol. The topological polar surface area (TPSA) is 105 Å². The number of rotatable bonds is 11. The first-order chi connectivity index (χ1) is 16.9. The molecular formula is C26H34N4O5. The van der Waals surface area contributed by atoms with Gasteiger partial charge in [0, 0.05) is 5.39 Å². The highest BCUT2D eigenvalue weighted by molar-refractivity contribution is 5.99. The summed E-state index contributed by atoms with van der Waals surface area (Å²) in [5.74, 6) is 0.846. The third-order valence-electron chi connectivity index (χ3n) is 5.91. The van der Waals surface area contributed by atoms with Crippen LogP contribution < -0.4 is 10.1 Å². The van der Waals surface area contributed by atoms with Crippen LogP contribution in [0.5, 0.6) is 5.75 Å². The molecule has 3 aromatic rings. The average Bonchev–Trinajstić information content (AvgIpc) is 3.27. The second-order valence-corrected chi connectivity index (χ2v) is 8.33. The highest BCUT2D eigenvalue weighted by atomic mass is 16.5. The van der Waals surface area contributed by atoms with Crippen molar-refractivity contribution in [1.82, 2.24) is 14.8 Å². The standard InChI is InChI=1S/C26H34N4O5/c1-6-9-11-18(7-2)16-35-26(32)29-24-20(25(31)34-8-3)15-27-30(24)22-14-17(4)19-12-10-13-21(33-5)23(19)28-22/h10,12-15,18H,6-9,11,16H2,1-5H3,(H,29,32). The second-order valence-electron chi connectivity index (χ2n) is 8.33. The molecule has 0 spiro atoms. The minimum Gasteiger partial charge on any atom is -0.494 e. The molecule has 3 rings (SSSR count). The Kier molecular flexibility index (Phi) is 9.05. The van der Waals surface area contributed by atoms with Crippen LogP contribution in [0.15, 0.2) is 30.5 Å². The SMILES string of the molecule is CCCCC(CC)COC(=O)Nc1c(C(=O)OCC)cnn1-c1cc(C)c2cccc(OC)c2n1. The van der Waals surface area contributed by atoms with Gasteiger partial charge in [0.1, 0.15) is 16.8 Å². The van der Waals surface area contributed by atoms with Gasteiger partial charge in [0.2, 0.25) is 0 Å². The van der Waals surface area contributed by atoms with Gasteiger partial charge in [-0.2, -0.15) is 9.78 Å². The number of hydrogen-bond acceptors (Lipinski definition) is 7. The number of ether oxygens (including phenoxy) is 3. The molecule has 0 saturated heterocycles. The largest absolute Gasteiger partial charge is 0.494 e. The van der Waals surface area contributed by atoms with E-state index in [1.807, 2.05) is 31.2 Å². The molecule has 0 aliphatic heterocycles. The molecule has 188 valence electrons. The lowest BCUT2D eigenvalue weighted by Crippen LogP contribution is -2.22. The van der Waals surface area contributed by atoms with E-state index in [-0.39, 0.29) is 23.9 Å². The average molecular weight is 483 g/mol. The Morgan fingerprint density at radius 2 is 1.97 bits per heavy atom. The number of benzene rings is 1. The summed E-state index contributed by atoms with van der Waals surface area (Å²) in [6, 6.07) is 7.51. The van der Waals surface area contributed by atoms with Crippen LogP contribution >= 0.6 is 0 Å². The van der Waals surface area contributed by atoms with Gasteiger partial charge in [-0.05, 0) is 43.9 Å². The van der Waals surface area contributed by atoms with Gasteiger partial charge in [-0.3, -0.25) is 5.32 Å². The Bertz CT molecular complexity index is 1170. The van der Waals surface area contributed by atoms with Crippen LogP contribution in [0, 0.1) is 12.8 Å². The maximum Gasteiger partial charge on any atom is 0.412 e. The van der Waals surface area contributed by atoms with Crippen molar-refractivity contribution >= 4 is 28.8 Å². The van der Waals surface area contributed by atoms with Crippen LogP contribution in [0.1, 0.15) is 62.4 Å². The summed E-state index contributed by atoms with van der Waals surface area (Å²) in [5, 5.41) is 7.96. The number of pyridine rings is 1. The van der Waals surface area contributed by atoms with Crippen molar-refractivity contribution in [1.29, 1.82) is 0 Å². The Balaban J connectivity index is 1.96. The third kappa shape index (κ3) is 6.09. The number of carbonyl (C=O) groups excluding carboxylic acids is 2. The van der Waals surface area contributed by atoms with E-state index in [0.29, 0.717) is 23.7 Å². The Hall–Kier alpha value is -3.62. The predicted octanol–water partition coefficient (Wildman–Crippen LogP) is 5.68. The quantitative estimate of drug-likeness (QED) is 0.351. The van der Waals surface area contributed by atoms with E-state index in [2.05, 4.69) is 24.3 Å². The third-order valence-corrected chi connectivity index (χ3v) is 5.91. The van der Waals surface area contributed by atoms with Crippen molar-refractivity contribution in [3.05, 3.63) is 41.6 Å². The molecule has 0 aliphatic carbocycles. The number of para-hydroxylation sites is 1. The molecule has 0 aliphatic rings. The molecule has 0 bridgehead atoms. The van der Waals surface area contributed by atoms with Gasteiger partial charge in [-0.25, -0.2) is 14.6 Å². The zero-order chi connectivity index (χ0) is 25.4. The summed E-state index contributed by atoms with van der Waals surface area (Å²) in [5.41, 5.74) is 1.70. The number of esters is 1. The molecule has 1 amide bonds. The Labute approximate surface area is 205 Å². The van der Waals surface area contributed by atoms with Crippen molar-refractivity contribution < 1.29 is 23.8 Å². The number of anilines is 1. The monoisotopic (exact) mass is 482 g/mol. The van der Waals surface area contributed by atoms with E-state index in [0.717, 1.165) is 36.6 Å². The fourth-order valence-corrected chi connectivity index (χ4v) is 3.87. The van der Waals surface area contributed by atoms with Crippen LogP contribution in [0.2, 0.25) is 0 Å². The number of fused-ring (bicyclic) bond motifs is 1. The maximum atomic E-state index is 12.7. The lowest BCUT2D eigenvalue weighted by atomic mass is 10.0. The highest BCUT2D eigenvalue weighted by Gasteiger charge is 2.24. The first kappa shape index (κ1) is 26.0. The molecule has 1 N–H and O–H groups in total. The van der Waals surface area contributed by atoms with Crippen LogP contribution in [0.4, 0.5) is 10.6 Å². The van der Waals surface area contributed by atoms with Crippen molar-refractivity contribution in [2.24, 2.45) is 5.92 Å². The van der Waals surface area contributed by atoms with Crippen LogP contribution in [0.25, 0.3) is 16.7 Å². The molecule has 0 saturated carbocycles. The van der Waals surface area contributed by atoms with Crippen molar-refractivity contribution in [2.45, 2.75) is 53.4 Å². The number of nitrogens with zero attached hydrogens (tertiary/aromatic N) is 3. The van der Waals surface area contributed by atoms with E-state index in [4.69, 9.17) is 19.2 Å². The number of carbonyl (C=O) groups is 2. The minimum absolute atomic E-state index is 0.112. The summed E-state index contributed by atoms with van der Waals surface area (Å²) in [7, 11) is 1.58. The van der Waals surface area contributed by atoms with Crippen molar-refractivity contribution in [2.75, 3.05) is 25.6 Å². The fourth-order valence-electron chi connectivity index (χ4n) is 3.87. The summed E-state index contributed by atoms with van der Waals surface area (Å²) in [4.78, 5) is 30.0. The fraction of sp³-hybridized carbons (Fsp3) is 0.462. The van der Waals surface area contributed by atoms with Crippen LogP contribution in [0.3, 0.4) is 0 Å². The van der Waals surface area contributed by atoms with Gasteiger partial charge in [-0.15, -0.1) is 0 Å². The molecule has 1 atom stereocenters. The smallest absolute Gasteiger partial charge is 0.412 e. The van der Waals surface area contributed by atoms with E-state index in [1.54, 1.807) is 14.0 Å². The van der Waals surface area contributed by atoms with Gasteiger partial charge in [-0.1, -0.05) is 45.2 Å². The van der Waals surface area contributed by atoms with Crippen molar-refractivity contribution in [3.8, 4) is 11.6 Å². The Morgan fingerprint density at radius 1 is 1.17 bits per heavy atom. The normalized spacial score (nSPS) is 11.8. The van der Waals surface area contributed by atoms with Crippen LogP contribution in [-0.4, -0.2) is 47.2 Å². The lowest BCUT2D eigenvalue weighted by molar-refractivity contribution is 0.0527. The number of methoxy groups -OCH3 is 1. The summed E-state index contributed by atoms with van der Waals surface area (Å²) in [6.45, 7) is 8.37. The van der Waals surface area contributed by atoms with Crippen molar-refractivity contribution in [3.63, 3.8) is 0 Å². The molecule has 0 radical (unpaired) electrons. The van der Waals surface area contributed by atoms with Gasteiger partial charge in [0.25, 0.3) is 0 Å². The summed E-state index contributed by atoms with van der Waals surface area (Å²) >= 11 is 0. The first-order valence-electron chi connectivity index (χ1n) is 12.1. The number of amides is 1. The van der Waals surface area contributed by atoms with E-state index in [1.165, 1.54) is 10.9 Å². The lowest BCUT2D eigenvalue weighted by Gasteiger charge is -2.16. The van der Waals surface area contributed by atoms with E-state index < -0.39 is 12.1 Å². The van der Waals surface area contributed by atoms with Crippen LogP contribution in [-0.2, 0) is 9.47 Å². The maximum absolute atomic E-state index is 12.7. The summed E-state index contributed by atoms with van der Waals surface area (Å²) < 4.78 is 17.5. The minimum atomic E-state index is -0.665. The van der Waals surface area contributed by atoms with E-state index in [9.17, 15) is 9.59 Å². The van der Waals surface area contributed by atoms with Gasteiger partial charge >= 0.3 is 12.1 Å². The highest BCUT2D eigenvalue weighted by Crippen LogP contribution is 2.29. The van der Waals surface area contributed by atoms with Gasteiger partial charge in [0.05, 0.1) is 26.5 Å². The number of hydrogen-bond donors (Lipinski definition) is 1. The zero-order valence-corrected chi connectivity index (χ0v) is 21.1. The molecule has 9 heteroatoms. The molecule has 9 nitrogen and oxygen atoms in total. The molecule has 1 unspecified atom stereocenters. The number of aromatic nitrogens is 3. The number of aryl methyl sites for hydroxylation is 1. The van der Waals surface area contributed by atoms with Gasteiger partial charge < -0.3 is 14.2 Å². The molecule has 2 aromatic heterocycles. The number of unbranched alkanes of at least 4 members (excludes halogenated alkanes) is 1. The van der Waals surface area contributed by atoms with E-state index >= 15 is 0 Å².